The van der Waals surface area contributed by atoms with Gasteiger partial charge in [0.25, 0.3) is 0 Å². The van der Waals surface area contributed by atoms with Gasteiger partial charge < -0.3 is 0 Å². The van der Waals surface area contributed by atoms with E-state index in [1.165, 1.54) is 12.1 Å². The molecule has 1 aromatic rings. The number of rotatable bonds is 1. The number of nitriles is 1. The minimum atomic E-state index is -0.521. The molecule has 0 aliphatic rings. The van der Waals surface area contributed by atoms with Crippen LogP contribution in [0.3, 0.4) is 0 Å². The Morgan fingerprint density at radius 2 is 2.25 bits per heavy atom. The lowest BCUT2D eigenvalue weighted by Crippen LogP contribution is -1.89. The van der Waals surface area contributed by atoms with Gasteiger partial charge in [-0.15, -0.1) is 0 Å². The molecule has 0 saturated heterocycles. The summed E-state index contributed by atoms with van der Waals surface area (Å²) in [5.74, 6) is -0.521. The molecule has 0 aliphatic heterocycles. The Bertz CT molecular complexity index is 346. The predicted octanol–water partition coefficient (Wildman–Crippen LogP) is 3.25. The highest BCUT2D eigenvalue weighted by molar-refractivity contribution is 9.08. The normalized spacial score (nSPS) is 9.50. The van der Waals surface area contributed by atoms with Gasteiger partial charge in [0.2, 0.25) is 0 Å². The molecule has 12 heavy (non-hydrogen) atoms. The molecule has 1 rings (SSSR count). The van der Waals surface area contributed by atoms with Gasteiger partial charge in [-0.1, -0.05) is 33.6 Å². The smallest absolute Gasteiger partial charge is 0.147 e. The second-order valence-electron chi connectivity index (χ2n) is 2.15. The molecule has 4 heteroatoms. The van der Waals surface area contributed by atoms with Crippen molar-refractivity contribution in [3.05, 3.63) is 34.1 Å². The summed E-state index contributed by atoms with van der Waals surface area (Å²) < 4.78 is 13.1. The maximum Gasteiger partial charge on any atom is 0.147 e. The van der Waals surface area contributed by atoms with E-state index in [0.29, 0.717) is 10.9 Å². The summed E-state index contributed by atoms with van der Waals surface area (Å²) in [5, 5.41) is 8.78. The third-order valence-corrected chi connectivity index (χ3v) is 2.40. The Kier molecular flexibility index (Phi) is 3.07. The van der Waals surface area contributed by atoms with Gasteiger partial charge in [0.15, 0.2) is 0 Å². The topological polar surface area (TPSA) is 23.8 Å². The summed E-state index contributed by atoms with van der Waals surface area (Å²) in [7, 11) is 0. The van der Waals surface area contributed by atoms with Gasteiger partial charge >= 0.3 is 0 Å². The zero-order valence-corrected chi connectivity index (χ0v) is 8.28. The van der Waals surface area contributed by atoms with Crippen molar-refractivity contribution in [1.29, 1.82) is 5.26 Å². The first-order chi connectivity index (χ1) is 5.70. The van der Waals surface area contributed by atoms with Gasteiger partial charge in [-0.05, 0) is 6.07 Å². The van der Waals surface area contributed by atoms with Crippen LogP contribution in [0.5, 0.6) is 0 Å². The van der Waals surface area contributed by atoms with Crippen LogP contribution in [-0.4, -0.2) is 0 Å². The lowest BCUT2D eigenvalue weighted by molar-refractivity contribution is 0.617. The minimum Gasteiger partial charge on any atom is -0.205 e. The number of halogens is 3. The Hall–Kier alpha value is -0.590. The fourth-order valence-corrected chi connectivity index (χ4v) is 1.44. The van der Waals surface area contributed by atoms with E-state index in [2.05, 4.69) is 15.9 Å². The van der Waals surface area contributed by atoms with Crippen molar-refractivity contribution in [3.8, 4) is 6.07 Å². The molecule has 0 bridgehead atoms. The lowest BCUT2D eigenvalue weighted by atomic mass is 10.1. The summed E-state index contributed by atoms with van der Waals surface area (Å²) in [5.41, 5.74) is 0.623. The third kappa shape index (κ3) is 1.60. The van der Waals surface area contributed by atoms with E-state index >= 15 is 0 Å². The fourth-order valence-electron chi connectivity index (χ4n) is 0.779. The molecule has 0 aromatic heterocycles. The van der Waals surface area contributed by atoms with Crippen LogP contribution in [-0.2, 0) is 5.33 Å². The second kappa shape index (κ2) is 3.88. The van der Waals surface area contributed by atoms with Gasteiger partial charge in [0.1, 0.15) is 11.9 Å². The Morgan fingerprint density at radius 3 is 2.75 bits per heavy atom. The van der Waals surface area contributed by atoms with Gasteiger partial charge in [-0.2, -0.15) is 5.26 Å². The molecule has 0 N–H and O–H groups in total. The number of hydrogen-bond donors (Lipinski definition) is 0. The van der Waals surface area contributed by atoms with Crippen molar-refractivity contribution in [2.24, 2.45) is 0 Å². The molecule has 0 fully saturated rings. The Morgan fingerprint density at radius 1 is 1.58 bits per heavy atom. The number of hydrogen-bond acceptors (Lipinski definition) is 1. The van der Waals surface area contributed by atoms with Crippen LogP contribution < -0.4 is 0 Å². The second-order valence-corrected chi connectivity index (χ2v) is 3.08. The number of benzene rings is 1. The summed E-state index contributed by atoms with van der Waals surface area (Å²) in [6.45, 7) is 0. The number of nitrogens with zero attached hydrogens (tertiary/aromatic N) is 1. The zero-order valence-electron chi connectivity index (χ0n) is 5.94. The van der Waals surface area contributed by atoms with E-state index in [4.69, 9.17) is 16.9 Å². The summed E-state index contributed by atoms with van der Waals surface area (Å²) >= 11 is 8.67. The standard InChI is InChI=1S/C8H4BrClFN/c9-3-5-1-2-6(4-12)7(10)8(5)11/h1-2H,3H2. The van der Waals surface area contributed by atoms with Gasteiger partial charge in [-0.25, -0.2) is 4.39 Å². The van der Waals surface area contributed by atoms with Crippen LogP contribution in [0.4, 0.5) is 4.39 Å². The molecule has 0 radical (unpaired) electrons. The monoisotopic (exact) mass is 247 g/mol. The van der Waals surface area contributed by atoms with Crippen molar-refractivity contribution in [3.63, 3.8) is 0 Å². The average Bonchev–Trinajstić information content (AvgIpc) is 2.10. The van der Waals surface area contributed by atoms with Crippen LogP contribution in [0, 0.1) is 17.1 Å². The highest BCUT2D eigenvalue weighted by Gasteiger charge is 2.09. The first-order valence-electron chi connectivity index (χ1n) is 3.13. The third-order valence-electron chi connectivity index (χ3n) is 1.43. The van der Waals surface area contributed by atoms with E-state index in [1.54, 1.807) is 6.07 Å². The molecule has 62 valence electrons. The van der Waals surface area contributed by atoms with Gasteiger partial charge in [-0.3, -0.25) is 0 Å². The SMILES string of the molecule is N#Cc1ccc(CBr)c(F)c1Cl. The molecule has 1 nitrogen and oxygen atoms in total. The van der Waals surface area contributed by atoms with Crippen molar-refractivity contribution >= 4 is 27.5 Å². The highest BCUT2D eigenvalue weighted by Crippen LogP contribution is 2.23. The van der Waals surface area contributed by atoms with E-state index in [0.717, 1.165) is 0 Å². The maximum atomic E-state index is 13.1. The first kappa shape index (κ1) is 9.50. The van der Waals surface area contributed by atoms with E-state index < -0.39 is 5.82 Å². The summed E-state index contributed by atoms with van der Waals surface area (Å²) in [6, 6.07) is 4.84. The van der Waals surface area contributed by atoms with Gasteiger partial charge in [0, 0.05) is 10.9 Å². The molecular formula is C8H4BrClFN. The van der Waals surface area contributed by atoms with Crippen molar-refractivity contribution in [2.45, 2.75) is 5.33 Å². The summed E-state index contributed by atoms with van der Waals surface area (Å²) in [6.07, 6.45) is 0. The van der Waals surface area contributed by atoms with Crippen LogP contribution in [0.2, 0.25) is 5.02 Å². The first-order valence-corrected chi connectivity index (χ1v) is 4.63. The van der Waals surface area contributed by atoms with Crippen molar-refractivity contribution in [1.82, 2.24) is 0 Å². The van der Waals surface area contributed by atoms with Crippen molar-refractivity contribution < 1.29 is 4.39 Å². The van der Waals surface area contributed by atoms with Crippen molar-refractivity contribution in [2.75, 3.05) is 0 Å². The molecule has 0 saturated carbocycles. The molecular weight excluding hydrogens is 244 g/mol. The maximum absolute atomic E-state index is 13.1. The molecule has 0 spiro atoms. The lowest BCUT2D eigenvalue weighted by Gasteiger charge is -2.01. The highest BCUT2D eigenvalue weighted by atomic mass is 79.9. The zero-order chi connectivity index (χ0) is 9.14. The fraction of sp³-hybridized carbons (Fsp3) is 0.125. The summed E-state index contributed by atoms with van der Waals surface area (Å²) in [4.78, 5) is 0. The quantitative estimate of drug-likeness (QED) is 0.700. The molecule has 1 aromatic carbocycles. The predicted molar refractivity (Wildman–Crippen MR) is 48.8 cm³/mol. The van der Waals surface area contributed by atoms with E-state index in [9.17, 15) is 4.39 Å². The minimum absolute atomic E-state index is 0.102. The average molecular weight is 248 g/mol. The van der Waals surface area contributed by atoms with Crippen LogP contribution in [0.1, 0.15) is 11.1 Å². The van der Waals surface area contributed by atoms with Crippen LogP contribution in [0.25, 0.3) is 0 Å². The largest absolute Gasteiger partial charge is 0.205 e. The molecule has 0 amide bonds. The van der Waals surface area contributed by atoms with E-state index in [-0.39, 0.29) is 10.6 Å². The molecule has 0 aliphatic carbocycles. The Balaban J connectivity index is 3.32. The number of alkyl halides is 1. The van der Waals surface area contributed by atoms with Crippen LogP contribution in [0.15, 0.2) is 12.1 Å². The van der Waals surface area contributed by atoms with Gasteiger partial charge in [0.05, 0.1) is 10.6 Å². The van der Waals surface area contributed by atoms with Crippen LogP contribution >= 0.6 is 27.5 Å². The molecule has 0 atom stereocenters. The Labute approximate surface area is 82.9 Å². The molecule has 0 unspecified atom stereocenters. The molecule has 0 heterocycles. The van der Waals surface area contributed by atoms with E-state index in [1.807, 2.05) is 0 Å².